The van der Waals surface area contributed by atoms with Crippen LogP contribution in [0.2, 0.25) is 0 Å². The lowest BCUT2D eigenvalue weighted by atomic mass is 10.0. The zero-order valence-electron chi connectivity index (χ0n) is 14.1. The summed E-state index contributed by atoms with van der Waals surface area (Å²) in [5, 5.41) is 6.21. The fourth-order valence-electron chi connectivity index (χ4n) is 3.26. The lowest BCUT2D eigenvalue weighted by molar-refractivity contribution is 0.0965. The molecule has 5 heteroatoms. The van der Waals surface area contributed by atoms with Gasteiger partial charge in [0, 0.05) is 25.2 Å². The van der Waals surface area contributed by atoms with Gasteiger partial charge >= 0.3 is 0 Å². The number of benzene rings is 2. The Morgan fingerprint density at radius 2 is 1.80 bits per heavy atom. The minimum absolute atomic E-state index is 0.0267. The van der Waals surface area contributed by atoms with Crippen LogP contribution in [-0.4, -0.2) is 32.7 Å². The highest BCUT2D eigenvalue weighted by atomic mass is 16.5. The SMILES string of the molecule is COc1ccc(C2=C(COc3ccc4c(c3)C(=O)NC4)CNC2)cc1. The molecule has 0 fully saturated rings. The number of fused-ring (bicyclic) bond motifs is 1. The minimum atomic E-state index is -0.0267. The highest BCUT2D eigenvalue weighted by Gasteiger charge is 2.20. The second-order valence-corrected chi connectivity index (χ2v) is 6.20. The zero-order valence-corrected chi connectivity index (χ0v) is 14.1. The summed E-state index contributed by atoms with van der Waals surface area (Å²) in [5.41, 5.74) is 5.42. The predicted octanol–water partition coefficient (Wildman–Crippen LogP) is 2.37. The molecule has 2 heterocycles. The van der Waals surface area contributed by atoms with Crippen LogP contribution in [0.1, 0.15) is 21.5 Å². The van der Waals surface area contributed by atoms with Crippen molar-refractivity contribution in [3.05, 3.63) is 64.7 Å². The lowest BCUT2D eigenvalue weighted by Gasteiger charge is -2.11. The van der Waals surface area contributed by atoms with E-state index >= 15 is 0 Å². The number of carbonyl (C=O) groups is 1. The molecule has 2 aliphatic rings. The van der Waals surface area contributed by atoms with Crippen LogP contribution in [-0.2, 0) is 6.54 Å². The normalized spacial score (nSPS) is 16.0. The third kappa shape index (κ3) is 3.10. The van der Waals surface area contributed by atoms with E-state index in [2.05, 4.69) is 22.8 Å². The van der Waals surface area contributed by atoms with Gasteiger partial charge in [0.1, 0.15) is 18.1 Å². The van der Waals surface area contributed by atoms with E-state index in [0.29, 0.717) is 18.7 Å². The molecule has 2 aromatic carbocycles. The summed E-state index contributed by atoms with van der Waals surface area (Å²) >= 11 is 0. The maximum atomic E-state index is 11.8. The first-order chi connectivity index (χ1) is 12.2. The van der Waals surface area contributed by atoms with Crippen LogP contribution >= 0.6 is 0 Å². The maximum Gasteiger partial charge on any atom is 0.252 e. The van der Waals surface area contributed by atoms with Crippen LogP contribution in [0.5, 0.6) is 11.5 Å². The zero-order chi connectivity index (χ0) is 17.2. The van der Waals surface area contributed by atoms with Gasteiger partial charge in [0.15, 0.2) is 0 Å². The largest absolute Gasteiger partial charge is 0.497 e. The van der Waals surface area contributed by atoms with Crippen molar-refractivity contribution in [1.82, 2.24) is 10.6 Å². The molecule has 4 rings (SSSR count). The molecule has 0 atom stereocenters. The molecule has 0 saturated heterocycles. The van der Waals surface area contributed by atoms with Crippen molar-refractivity contribution >= 4 is 11.5 Å². The predicted molar refractivity (Wildman–Crippen MR) is 95.9 cm³/mol. The molecule has 2 aliphatic heterocycles. The first kappa shape index (κ1) is 15.7. The molecule has 0 saturated carbocycles. The molecule has 25 heavy (non-hydrogen) atoms. The van der Waals surface area contributed by atoms with Gasteiger partial charge in [-0.05, 0) is 46.5 Å². The molecule has 0 bridgehead atoms. The van der Waals surface area contributed by atoms with Crippen molar-refractivity contribution in [2.75, 3.05) is 26.8 Å². The summed E-state index contributed by atoms with van der Waals surface area (Å²) in [7, 11) is 1.67. The van der Waals surface area contributed by atoms with E-state index in [-0.39, 0.29) is 5.91 Å². The monoisotopic (exact) mass is 336 g/mol. The van der Waals surface area contributed by atoms with Crippen LogP contribution in [0.15, 0.2) is 48.0 Å². The smallest absolute Gasteiger partial charge is 0.252 e. The topological polar surface area (TPSA) is 59.6 Å². The molecule has 0 unspecified atom stereocenters. The van der Waals surface area contributed by atoms with Gasteiger partial charge < -0.3 is 20.1 Å². The van der Waals surface area contributed by atoms with Crippen molar-refractivity contribution in [2.45, 2.75) is 6.54 Å². The highest BCUT2D eigenvalue weighted by Crippen LogP contribution is 2.26. The third-order valence-electron chi connectivity index (χ3n) is 4.68. The molecule has 0 aliphatic carbocycles. The van der Waals surface area contributed by atoms with Crippen molar-refractivity contribution in [3.8, 4) is 11.5 Å². The number of methoxy groups -OCH3 is 1. The van der Waals surface area contributed by atoms with Crippen molar-refractivity contribution in [2.24, 2.45) is 0 Å². The van der Waals surface area contributed by atoms with Gasteiger partial charge in [-0.25, -0.2) is 0 Å². The Balaban J connectivity index is 1.51. The van der Waals surface area contributed by atoms with E-state index in [1.165, 1.54) is 16.7 Å². The van der Waals surface area contributed by atoms with Crippen LogP contribution < -0.4 is 20.1 Å². The van der Waals surface area contributed by atoms with E-state index in [1.54, 1.807) is 7.11 Å². The first-order valence-electron chi connectivity index (χ1n) is 8.34. The molecule has 5 nitrogen and oxygen atoms in total. The number of ether oxygens (including phenoxy) is 2. The van der Waals surface area contributed by atoms with E-state index in [9.17, 15) is 4.79 Å². The Labute approximate surface area is 146 Å². The summed E-state index contributed by atoms with van der Waals surface area (Å²) in [6, 6.07) is 13.8. The summed E-state index contributed by atoms with van der Waals surface area (Å²) in [6.45, 7) is 2.75. The van der Waals surface area contributed by atoms with Crippen LogP contribution in [0.25, 0.3) is 5.57 Å². The molecule has 0 aromatic heterocycles. The summed E-state index contributed by atoms with van der Waals surface area (Å²) < 4.78 is 11.2. The molecule has 128 valence electrons. The van der Waals surface area contributed by atoms with Gasteiger partial charge in [-0.3, -0.25) is 4.79 Å². The Kier molecular flexibility index (Phi) is 4.15. The van der Waals surface area contributed by atoms with Gasteiger partial charge in [-0.2, -0.15) is 0 Å². The maximum absolute atomic E-state index is 11.8. The highest BCUT2D eigenvalue weighted by molar-refractivity contribution is 5.98. The van der Waals surface area contributed by atoms with Crippen molar-refractivity contribution in [3.63, 3.8) is 0 Å². The van der Waals surface area contributed by atoms with Crippen LogP contribution in [0.4, 0.5) is 0 Å². The number of rotatable bonds is 5. The Morgan fingerprint density at radius 1 is 1.00 bits per heavy atom. The Morgan fingerprint density at radius 3 is 2.60 bits per heavy atom. The number of carbonyl (C=O) groups excluding carboxylic acids is 1. The van der Waals surface area contributed by atoms with Crippen molar-refractivity contribution in [1.29, 1.82) is 0 Å². The number of nitrogens with one attached hydrogen (secondary N) is 2. The molecular formula is C20H20N2O3. The van der Waals surface area contributed by atoms with Crippen LogP contribution in [0.3, 0.4) is 0 Å². The first-order valence-corrected chi connectivity index (χ1v) is 8.34. The fraction of sp³-hybridized carbons (Fsp3) is 0.250. The molecule has 2 aromatic rings. The van der Waals surface area contributed by atoms with Crippen LogP contribution in [0, 0.1) is 0 Å². The number of hydrogen-bond donors (Lipinski definition) is 2. The summed E-state index contributed by atoms with van der Waals surface area (Å²) in [4.78, 5) is 11.8. The van der Waals surface area contributed by atoms with E-state index in [4.69, 9.17) is 9.47 Å². The second kappa shape index (κ2) is 6.61. The molecule has 0 spiro atoms. The number of hydrogen-bond acceptors (Lipinski definition) is 4. The molecule has 0 radical (unpaired) electrons. The molecule has 1 amide bonds. The fourth-order valence-corrected chi connectivity index (χ4v) is 3.26. The van der Waals surface area contributed by atoms with Crippen molar-refractivity contribution < 1.29 is 14.3 Å². The number of amides is 1. The Bertz CT molecular complexity index is 841. The van der Waals surface area contributed by atoms with E-state index < -0.39 is 0 Å². The standard InChI is InChI=1S/C20H20N2O3/c1-24-16-5-2-13(3-6-16)19-11-21-9-15(19)12-25-17-7-4-14-10-22-20(23)18(14)8-17/h2-8,21H,9-12H2,1H3,(H,22,23). The van der Waals surface area contributed by atoms with Gasteiger partial charge in [0.25, 0.3) is 5.91 Å². The quantitative estimate of drug-likeness (QED) is 0.880. The van der Waals surface area contributed by atoms with E-state index in [0.717, 1.165) is 30.2 Å². The molecular weight excluding hydrogens is 316 g/mol. The lowest BCUT2D eigenvalue weighted by Crippen LogP contribution is -2.12. The van der Waals surface area contributed by atoms with Gasteiger partial charge in [-0.1, -0.05) is 18.2 Å². The summed E-state index contributed by atoms with van der Waals surface area (Å²) in [6.07, 6.45) is 0. The average molecular weight is 336 g/mol. The minimum Gasteiger partial charge on any atom is -0.497 e. The second-order valence-electron chi connectivity index (χ2n) is 6.20. The third-order valence-corrected chi connectivity index (χ3v) is 4.68. The Hall–Kier alpha value is -2.79. The average Bonchev–Trinajstić information content (AvgIpc) is 3.27. The van der Waals surface area contributed by atoms with Gasteiger partial charge in [-0.15, -0.1) is 0 Å². The summed E-state index contributed by atoms with van der Waals surface area (Å²) in [5.74, 6) is 1.55. The van der Waals surface area contributed by atoms with Gasteiger partial charge in [0.2, 0.25) is 0 Å². The molecule has 2 N–H and O–H groups in total. The van der Waals surface area contributed by atoms with Gasteiger partial charge in [0.05, 0.1) is 7.11 Å². The van der Waals surface area contributed by atoms with E-state index in [1.807, 2.05) is 30.3 Å².